The van der Waals surface area contributed by atoms with Gasteiger partial charge >= 0.3 is 5.97 Å². The number of hydrogen-bond acceptors (Lipinski definition) is 4. The molecule has 132 valence electrons. The number of ether oxygens (including phenoxy) is 2. The molecule has 0 radical (unpaired) electrons. The Morgan fingerprint density at radius 2 is 1.80 bits per heavy atom. The average Bonchev–Trinajstić information content (AvgIpc) is 2.60. The Hall–Kier alpha value is -2.73. The van der Waals surface area contributed by atoms with E-state index in [1.807, 2.05) is 0 Å². The van der Waals surface area contributed by atoms with Crippen LogP contribution in [0.4, 0.5) is 0 Å². The van der Waals surface area contributed by atoms with Gasteiger partial charge in [0.05, 0.1) is 37.3 Å². The maximum atomic E-state index is 12.5. The van der Waals surface area contributed by atoms with Gasteiger partial charge in [0.1, 0.15) is 0 Å². The van der Waals surface area contributed by atoms with E-state index in [1.165, 1.54) is 14.2 Å². The molecule has 0 fully saturated rings. The van der Waals surface area contributed by atoms with Gasteiger partial charge in [0, 0.05) is 0 Å². The minimum absolute atomic E-state index is 0.278. The first-order valence-electron chi connectivity index (χ1n) is 7.45. The first kappa shape index (κ1) is 18.6. The highest BCUT2D eigenvalue weighted by molar-refractivity contribution is 6.33. The van der Waals surface area contributed by atoms with Gasteiger partial charge in [-0.2, -0.15) is 0 Å². The lowest BCUT2D eigenvalue weighted by molar-refractivity contribution is -0.137. The third-order valence-electron chi connectivity index (χ3n) is 3.61. The van der Waals surface area contributed by atoms with Crippen molar-refractivity contribution in [2.75, 3.05) is 14.2 Å². The Bertz CT molecular complexity index is 778. The summed E-state index contributed by atoms with van der Waals surface area (Å²) in [5.41, 5.74) is 0.862. The molecule has 2 rings (SSSR count). The SMILES string of the molecule is COc1ccc(C(CC(=O)O)NC(=O)c2ccccc2Cl)cc1OC. The second kappa shape index (κ2) is 8.39. The van der Waals surface area contributed by atoms with E-state index in [1.54, 1.807) is 42.5 Å². The van der Waals surface area contributed by atoms with Crippen LogP contribution in [0.25, 0.3) is 0 Å². The smallest absolute Gasteiger partial charge is 0.305 e. The van der Waals surface area contributed by atoms with Crippen LogP contribution in [0, 0.1) is 0 Å². The summed E-state index contributed by atoms with van der Waals surface area (Å²) in [5.74, 6) is -0.536. The molecule has 0 spiro atoms. The summed E-state index contributed by atoms with van der Waals surface area (Å²) in [6.07, 6.45) is -0.286. The number of hydrogen-bond donors (Lipinski definition) is 2. The molecule has 2 aromatic carbocycles. The Morgan fingerprint density at radius 1 is 1.12 bits per heavy atom. The number of nitrogens with one attached hydrogen (secondary N) is 1. The molecule has 0 bridgehead atoms. The van der Waals surface area contributed by atoms with E-state index in [2.05, 4.69) is 5.32 Å². The molecule has 0 aliphatic rings. The fraction of sp³-hybridized carbons (Fsp3) is 0.222. The maximum Gasteiger partial charge on any atom is 0.305 e. The Labute approximate surface area is 150 Å². The lowest BCUT2D eigenvalue weighted by atomic mass is 10.0. The fourth-order valence-electron chi connectivity index (χ4n) is 2.38. The number of carboxylic acids is 1. The maximum absolute atomic E-state index is 12.5. The van der Waals surface area contributed by atoms with Crippen LogP contribution in [-0.2, 0) is 4.79 Å². The summed E-state index contributed by atoms with van der Waals surface area (Å²) in [6.45, 7) is 0. The number of benzene rings is 2. The van der Waals surface area contributed by atoms with Crippen LogP contribution in [0.3, 0.4) is 0 Å². The third-order valence-corrected chi connectivity index (χ3v) is 3.94. The molecule has 6 nitrogen and oxygen atoms in total. The summed E-state index contributed by atoms with van der Waals surface area (Å²) in [5, 5.41) is 12.2. The molecular formula is C18H18ClNO5. The average molecular weight is 364 g/mol. The van der Waals surface area contributed by atoms with Gasteiger partial charge in [-0.15, -0.1) is 0 Å². The highest BCUT2D eigenvalue weighted by atomic mass is 35.5. The largest absolute Gasteiger partial charge is 0.493 e. The standard InChI is InChI=1S/C18H18ClNO5/c1-24-15-8-7-11(9-16(15)25-2)14(10-17(21)22)20-18(23)12-5-3-4-6-13(12)19/h3-9,14H,10H2,1-2H3,(H,20,23)(H,21,22). The van der Waals surface area contributed by atoms with E-state index in [0.29, 0.717) is 22.1 Å². The van der Waals surface area contributed by atoms with Crippen LogP contribution in [-0.4, -0.2) is 31.2 Å². The minimum atomic E-state index is -1.04. The zero-order valence-electron chi connectivity index (χ0n) is 13.8. The summed E-state index contributed by atoms with van der Waals surface area (Å²) in [6, 6.07) is 10.8. The van der Waals surface area contributed by atoms with Crippen molar-refractivity contribution in [3.8, 4) is 11.5 Å². The number of amides is 1. The zero-order chi connectivity index (χ0) is 18.4. The van der Waals surface area contributed by atoms with Crippen LogP contribution in [0.5, 0.6) is 11.5 Å². The zero-order valence-corrected chi connectivity index (χ0v) is 14.5. The van der Waals surface area contributed by atoms with Crippen molar-refractivity contribution < 1.29 is 24.2 Å². The van der Waals surface area contributed by atoms with Crippen LogP contribution in [0.2, 0.25) is 5.02 Å². The number of aliphatic carboxylic acids is 1. The van der Waals surface area contributed by atoms with Gasteiger partial charge in [0.2, 0.25) is 0 Å². The molecule has 1 unspecified atom stereocenters. The quantitative estimate of drug-likeness (QED) is 0.788. The second-order valence-corrected chi connectivity index (χ2v) is 5.63. The number of rotatable bonds is 7. The number of methoxy groups -OCH3 is 2. The van der Waals surface area contributed by atoms with E-state index in [9.17, 15) is 14.7 Å². The monoisotopic (exact) mass is 363 g/mol. The number of carboxylic acid groups (broad SMARTS) is 1. The van der Waals surface area contributed by atoms with Crippen molar-refractivity contribution in [3.63, 3.8) is 0 Å². The Balaban J connectivity index is 2.32. The van der Waals surface area contributed by atoms with Gasteiger partial charge in [-0.1, -0.05) is 29.8 Å². The van der Waals surface area contributed by atoms with E-state index < -0.39 is 17.9 Å². The Kier molecular flexibility index (Phi) is 6.25. The molecular weight excluding hydrogens is 346 g/mol. The van der Waals surface area contributed by atoms with E-state index in [0.717, 1.165) is 0 Å². The predicted octanol–water partition coefficient (Wildman–Crippen LogP) is 3.30. The molecule has 0 aliphatic carbocycles. The van der Waals surface area contributed by atoms with Crippen molar-refractivity contribution in [1.82, 2.24) is 5.32 Å². The fourth-order valence-corrected chi connectivity index (χ4v) is 2.60. The van der Waals surface area contributed by atoms with Crippen molar-refractivity contribution in [3.05, 3.63) is 58.6 Å². The third kappa shape index (κ3) is 4.64. The summed E-state index contributed by atoms with van der Waals surface area (Å²) >= 11 is 6.03. The van der Waals surface area contributed by atoms with Crippen molar-refractivity contribution in [1.29, 1.82) is 0 Å². The molecule has 0 saturated carbocycles. The predicted molar refractivity (Wildman–Crippen MR) is 93.5 cm³/mol. The summed E-state index contributed by atoms with van der Waals surface area (Å²) < 4.78 is 10.4. The topological polar surface area (TPSA) is 84.9 Å². The van der Waals surface area contributed by atoms with Crippen LogP contribution in [0.1, 0.15) is 28.4 Å². The molecule has 0 aromatic heterocycles. The summed E-state index contributed by atoms with van der Waals surface area (Å²) in [7, 11) is 2.99. The summed E-state index contributed by atoms with van der Waals surface area (Å²) in [4.78, 5) is 23.7. The van der Waals surface area contributed by atoms with Gasteiger partial charge in [-0.3, -0.25) is 9.59 Å². The lowest BCUT2D eigenvalue weighted by Gasteiger charge is -2.19. The molecule has 2 aromatic rings. The van der Waals surface area contributed by atoms with Gasteiger partial charge in [0.25, 0.3) is 5.91 Å². The lowest BCUT2D eigenvalue weighted by Crippen LogP contribution is -2.30. The van der Waals surface area contributed by atoms with Gasteiger partial charge < -0.3 is 19.9 Å². The molecule has 0 saturated heterocycles. The van der Waals surface area contributed by atoms with Crippen molar-refractivity contribution >= 4 is 23.5 Å². The molecule has 2 N–H and O–H groups in total. The normalized spacial score (nSPS) is 11.5. The molecule has 25 heavy (non-hydrogen) atoms. The highest BCUT2D eigenvalue weighted by Crippen LogP contribution is 2.31. The van der Waals surface area contributed by atoms with Gasteiger partial charge in [0.15, 0.2) is 11.5 Å². The molecule has 0 aliphatic heterocycles. The van der Waals surface area contributed by atoms with E-state index >= 15 is 0 Å². The van der Waals surface area contributed by atoms with Gasteiger partial charge in [-0.05, 0) is 29.8 Å². The van der Waals surface area contributed by atoms with E-state index in [4.69, 9.17) is 21.1 Å². The van der Waals surface area contributed by atoms with Crippen LogP contribution >= 0.6 is 11.6 Å². The molecule has 1 atom stereocenters. The van der Waals surface area contributed by atoms with Crippen molar-refractivity contribution in [2.45, 2.75) is 12.5 Å². The number of carbonyl (C=O) groups excluding carboxylic acids is 1. The first-order chi connectivity index (χ1) is 12.0. The molecule has 7 heteroatoms. The van der Waals surface area contributed by atoms with Crippen LogP contribution in [0.15, 0.2) is 42.5 Å². The van der Waals surface area contributed by atoms with Crippen molar-refractivity contribution in [2.24, 2.45) is 0 Å². The molecule has 0 heterocycles. The first-order valence-corrected chi connectivity index (χ1v) is 7.83. The second-order valence-electron chi connectivity index (χ2n) is 5.22. The van der Waals surface area contributed by atoms with Crippen LogP contribution < -0.4 is 14.8 Å². The van der Waals surface area contributed by atoms with Gasteiger partial charge in [-0.25, -0.2) is 0 Å². The Morgan fingerprint density at radius 3 is 2.40 bits per heavy atom. The minimum Gasteiger partial charge on any atom is -0.493 e. The number of halogens is 1. The van der Waals surface area contributed by atoms with E-state index in [-0.39, 0.29) is 12.0 Å². The highest BCUT2D eigenvalue weighted by Gasteiger charge is 2.21. The number of carbonyl (C=O) groups is 2. The molecule has 1 amide bonds.